The highest BCUT2D eigenvalue weighted by Crippen LogP contribution is 2.33. The van der Waals surface area contributed by atoms with Crippen LogP contribution in [0.15, 0.2) is 52.7 Å². The summed E-state index contributed by atoms with van der Waals surface area (Å²) in [4.78, 5) is 24.2. The normalized spacial score (nSPS) is 32.0. The van der Waals surface area contributed by atoms with Crippen LogP contribution in [0.4, 0.5) is 10.2 Å². The Morgan fingerprint density at radius 3 is 2.34 bits per heavy atom. The fraction of sp³-hybridized carbons (Fsp3) is 0.667. The SMILES string of the molecule is CC[C@H]1OC(=O)[C@H](C)[C@@H](O)[C@H](C)[C@@H](O[C@H]2C[C@@H](N(C)CC/C(C=N[C@H](CF)[C@H](OC)c3ccc(-c4ccc(N)nc4)cc3)=N/N)C[C@@H](C)O2)[C@H](OC)CCC(=N)[C@H](C)[C@@H](O)[C@@H]1O. The summed E-state index contributed by atoms with van der Waals surface area (Å²) in [6.45, 7) is 8.47. The first-order valence-electron chi connectivity index (χ1n) is 21.6. The minimum Gasteiger partial charge on any atom is -0.459 e. The summed E-state index contributed by atoms with van der Waals surface area (Å²) in [6.07, 6.45) is -2.36. The minimum atomic E-state index is -1.41. The number of carbonyl (C=O) groups is 1. The molecule has 2 aliphatic rings. The molecule has 0 bridgehead atoms. The van der Waals surface area contributed by atoms with E-state index in [1.807, 2.05) is 44.3 Å². The molecule has 0 unspecified atom stereocenters. The van der Waals surface area contributed by atoms with Gasteiger partial charge < -0.3 is 60.9 Å². The summed E-state index contributed by atoms with van der Waals surface area (Å²) in [7, 11) is 5.04. The van der Waals surface area contributed by atoms with Crippen molar-refractivity contribution >= 4 is 29.4 Å². The number of nitrogens with two attached hydrogens (primary N) is 2. The van der Waals surface area contributed by atoms with Gasteiger partial charge in [-0.2, -0.15) is 5.10 Å². The summed E-state index contributed by atoms with van der Waals surface area (Å²) in [5.41, 5.74) is 9.00. The number of carbonyl (C=O) groups excluding carboxylic acids is 1. The summed E-state index contributed by atoms with van der Waals surface area (Å²) < 4.78 is 44.8. The molecule has 2 saturated heterocycles. The van der Waals surface area contributed by atoms with Gasteiger partial charge in [-0.25, -0.2) is 9.37 Å². The Bertz CT molecular complexity index is 1760. The first kappa shape index (κ1) is 50.7. The van der Waals surface area contributed by atoms with Crippen molar-refractivity contribution in [3.63, 3.8) is 0 Å². The van der Waals surface area contributed by atoms with Crippen molar-refractivity contribution in [2.75, 3.05) is 40.2 Å². The van der Waals surface area contributed by atoms with Crippen LogP contribution in [-0.4, -0.2) is 144 Å². The number of halogens is 1. The molecule has 4 rings (SSSR count). The molecule has 1 aromatic carbocycles. The largest absolute Gasteiger partial charge is 0.459 e. The molecule has 2 aromatic rings. The lowest BCUT2D eigenvalue weighted by molar-refractivity contribution is -0.253. The molecule has 0 amide bonds. The number of rotatable bonds is 15. The second-order valence-corrected chi connectivity index (χ2v) is 16.8. The van der Waals surface area contributed by atoms with E-state index in [0.717, 1.165) is 16.7 Å². The van der Waals surface area contributed by atoms with E-state index in [1.54, 1.807) is 40.0 Å². The molecule has 8 N–H and O–H groups in total. The van der Waals surface area contributed by atoms with Gasteiger partial charge in [-0.3, -0.25) is 9.79 Å². The van der Waals surface area contributed by atoms with Crippen molar-refractivity contribution in [2.24, 2.45) is 33.7 Å². The lowest BCUT2D eigenvalue weighted by atomic mass is 9.83. The van der Waals surface area contributed by atoms with Gasteiger partial charge in [-0.15, -0.1) is 0 Å². The van der Waals surface area contributed by atoms with Gasteiger partial charge in [0.15, 0.2) is 6.29 Å². The third kappa shape index (κ3) is 13.3. The Balaban J connectivity index is 1.44. The van der Waals surface area contributed by atoms with Gasteiger partial charge in [0, 0.05) is 75.2 Å². The number of nitrogens with zero attached hydrogens (tertiary/aromatic N) is 4. The number of aromatic nitrogens is 1. The molecule has 14 atom stereocenters. The third-order valence-corrected chi connectivity index (χ3v) is 12.6. The van der Waals surface area contributed by atoms with Crippen LogP contribution in [0.2, 0.25) is 0 Å². The van der Waals surface area contributed by atoms with Crippen LogP contribution in [0, 0.1) is 23.2 Å². The molecule has 16 nitrogen and oxygen atoms in total. The van der Waals surface area contributed by atoms with E-state index in [4.69, 9.17) is 40.7 Å². The summed E-state index contributed by atoms with van der Waals surface area (Å²) >= 11 is 0. The smallest absolute Gasteiger partial charge is 0.311 e. The maximum Gasteiger partial charge on any atom is 0.311 e. The molecule has 2 fully saturated rings. The van der Waals surface area contributed by atoms with E-state index in [1.165, 1.54) is 20.4 Å². The summed E-state index contributed by atoms with van der Waals surface area (Å²) in [5, 5.41) is 46.2. The van der Waals surface area contributed by atoms with Crippen molar-refractivity contribution < 1.29 is 48.2 Å². The maximum absolute atomic E-state index is 14.5. The molecule has 1 aromatic heterocycles. The second kappa shape index (κ2) is 24.2. The fourth-order valence-corrected chi connectivity index (χ4v) is 8.32. The van der Waals surface area contributed by atoms with Crippen molar-refractivity contribution in [1.82, 2.24) is 9.88 Å². The first-order chi connectivity index (χ1) is 29.6. The Labute approximate surface area is 365 Å². The van der Waals surface area contributed by atoms with E-state index >= 15 is 0 Å². The highest BCUT2D eigenvalue weighted by Gasteiger charge is 2.43. The zero-order valence-corrected chi connectivity index (χ0v) is 37.5. The predicted molar refractivity (Wildman–Crippen MR) is 237 cm³/mol. The Kier molecular flexibility index (Phi) is 19.8. The number of esters is 1. The van der Waals surface area contributed by atoms with Gasteiger partial charge in [0.1, 0.15) is 36.8 Å². The topological polar surface area (TPSA) is 241 Å². The standard InChI is InChI=1S/C45H70FN7O9/c1-9-36-42(56)41(55)26(3)34(47)15-16-37(58-7)43(27(4)40(54)28(5)45(57)61-36)62-39-21-33(20-25(2)60-39)53(6)19-18-32(52-49)24-50-35(22-46)44(59-8)30-12-10-29(11-13-30)31-14-17-38(48)51-23-31/h10-14,17,23-28,33,35-37,39-44,47,54-56H,9,15-16,18-22,49H2,1-8H3,(H2,48,51)/b47-34?,50-24?,52-32-/t25-,26+,27+,28-,33+,35-,36-,37-,39+,40+,41-,42-,43-,44-/m1/s1. The zero-order chi connectivity index (χ0) is 45.7. The number of ether oxygens (including phenoxy) is 5. The van der Waals surface area contributed by atoms with Gasteiger partial charge in [0.05, 0.1) is 42.1 Å². The van der Waals surface area contributed by atoms with Crippen LogP contribution in [0.1, 0.15) is 84.8 Å². The van der Waals surface area contributed by atoms with Gasteiger partial charge in [0.25, 0.3) is 0 Å². The lowest BCUT2D eigenvalue weighted by Crippen LogP contribution is -2.51. The van der Waals surface area contributed by atoms with Crippen LogP contribution in [0.3, 0.4) is 0 Å². The third-order valence-electron chi connectivity index (χ3n) is 12.6. The van der Waals surface area contributed by atoms with Crippen molar-refractivity contribution in [3.05, 3.63) is 48.2 Å². The summed E-state index contributed by atoms with van der Waals surface area (Å²) in [5.74, 6) is 3.16. The number of cyclic esters (lactones) is 1. The maximum atomic E-state index is 14.5. The molecule has 0 saturated carbocycles. The number of pyridine rings is 1. The molecule has 17 heteroatoms. The number of alkyl halides is 1. The number of aliphatic hydroxyl groups excluding tert-OH is 3. The molecular weight excluding hydrogens is 802 g/mol. The van der Waals surface area contributed by atoms with Gasteiger partial charge in [-0.1, -0.05) is 45.0 Å². The van der Waals surface area contributed by atoms with Crippen molar-refractivity contribution in [1.29, 1.82) is 5.41 Å². The Morgan fingerprint density at radius 1 is 1.05 bits per heavy atom. The van der Waals surface area contributed by atoms with Crippen LogP contribution in [-0.2, 0) is 28.5 Å². The Morgan fingerprint density at radius 2 is 1.74 bits per heavy atom. The Hall–Kier alpha value is -3.94. The number of hydrogen-bond donors (Lipinski definition) is 6. The van der Waals surface area contributed by atoms with Gasteiger partial charge in [-0.05, 0) is 69.8 Å². The number of aliphatic hydroxyl groups is 3. The highest BCUT2D eigenvalue weighted by atomic mass is 19.1. The van der Waals surface area contributed by atoms with Crippen molar-refractivity contribution in [2.45, 2.75) is 140 Å². The molecule has 0 spiro atoms. The molecule has 3 heterocycles. The second-order valence-electron chi connectivity index (χ2n) is 16.8. The van der Waals surface area contributed by atoms with E-state index in [0.29, 0.717) is 43.8 Å². The number of anilines is 1. The highest BCUT2D eigenvalue weighted by molar-refractivity contribution is 6.30. The lowest BCUT2D eigenvalue weighted by Gasteiger charge is -2.42. The number of methoxy groups -OCH3 is 2. The molecule has 346 valence electrons. The fourth-order valence-electron chi connectivity index (χ4n) is 8.32. The molecule has 0 radical (unpaired) electrons. The molecule has 62 heavy (non-hydrogen) atoms. The van der Waals surface area contributed by atoms with Crippen LogP contribution in [0.25, 0.3) is 11.1 Å². The van der Waals surface area contributed by atoms with Crippen LogP contribution < -0.4 is 11.6 Å². The molecular formula is C45H70FN7O9. The zero-order valence-electron chi connectivity index (χ0n) is 37.5. The number of hydrazone groups is 1. The van der Waals surface area contributed by atoms with E-state index in [9.17, 15) is 24.5 Å². The van der Waals surface area contributed by atoms with Crippen LogP contribution >= 0.6 is 0 Å². The van der Waals surface area contributed by atoms with Gasteiger partial charge in [0.2, 0.25) is 0 Å². The van der Waals surface area contributed by atoms with Gasteiger partial charge >= 0.3 is 5.97 Å². The van der Waals surface area contributed by atoms with E-state index in [2.05, 4.69) is 20.0 Å². The monoisotopic (exact) mass is 872 g/mol. The average molecular weight is 872 g/mol. The number of hydrogen-bond acceptors (Lipinski definition) is 16. The van der Waals surface area contributed by atoms with E-state index < -0.39 is 85.5 Å². The minimum absolute atomic E-state index is 0.00438. The number of benzene rings is 1. The number of nitrogens with one attached hydrogen (secondary N) is 1. The first-order valence-corrected chi connectivity index (χ1v) is 21.6. The molecule has 0 aliphatic carbocycles. The number of nitrogen functional groups attached to an aromatic ring is 1. The quantitative estimate of drug-likeness (QED) is 0.0627. The van der Waals surface area contributed by atoms with Crippen molar-refractivity contribution in [3.8, 4) is 11.1 Å². The molecule has 2 aliphatic heterocycles. The number of aliphatic imine (C=N–C) groups is 1. The van der Waals surface area contributed by atoms with Crippen LogP contribution in [0.5, 0.6) is 0 Å². The predicted octanol–water partition coefficient (Wildman–Crippen LogP) is 4.48. The average Bonchev–Trinajstić information content (AvgIpc) is 3.28. The van der Waals surface area contributed by atoms with E-state index in [-0.39, 0.29) is 30.7 Å². The summed E-state index contributed by atoms with van der Waals surface area (Å²) in [6, 6.07) is 10.4.